The Morgan fingerprint density at radius 1 is 1.21 bits per heavy atom. The summed E-state index contributed by atoms with van der Waals surface area (Å²) in [6.07, 6.45) is 3.57. The summed E-state index contributed by atoms with van der Waals surface area (Å²) in [5.41, 5.74) is 2.58. The molecule has 0 saturated carbocycles. The van der Waals surface area contributed by atoms with Gasteiger partial charge in [-0.1, -0.05) is 12.1 Å². The molecule has 0 unspecified atom stereocenters. The molecule has 0 aliphatic rings. The number of rotatable bonds is 8. The molecule has 5 nitrogen and oxygen atoms in total. The van der Waals surface area contributed by atoms with Gasteiger partial charge in [0.05, 0.1) is 13.0 Å². The van der Waals surface area contributed by atoms with Crippen molar-refractivity contribution in [3.63, 3.8) is 0 Å². The van der Waals surface area contributed by atoms with Gasteiger partial charge >= 0.3 is 0 Å². The third kappa shape index (κ3) is 6.36. The van der Waals surface area contributed by atoms with Gasteiger partial charge in [-0.15, -0.1) is 0 Å². The molecule has 0 saturated heterocycles. The third-order valence-corrected chi connectivity index (χ3v) is 3.89. The predicted octanol–water partition coefficient (Wildman–Crippen LogP) is 2.71. The standard InChI is InChI=1S/C18H20N2O3S/c1-23-10-9-19-18(22)12-14-2-5-16(6-3-14)20-17(21)7-4-15-8-11-24-13-15/h2-8,11,13H,9-10,12H2,1H3,(H,19,22)(H,20,21)/b7-4+. The Morgan fingerprint density at radius 2 is 2.00 bits per heavy atom. The summed E-state index contributed by atoms with van der Waals surface area (Å²) in [7, 11) is 1.59. The first-order chi connectivity index (χ1) is 11.7. The Balaban J connectivity index is 1.81. The summed E-state index contributed by atoms with van der Waals surface area (Å²) >= 11 is 1.59. The van der Waals surface area contributed by atoms with E-state index in [-0.39, 0.29) is 11.8 Å². The van der Waals surface area contributed by atoms with E-state index in [4.69, 9.17) is 4.74 Å². The zero-order chi connectivity index (χ0) is 17.2. The summed E-state index contributed by atoms with van der Waals surface area (Å²) in [6, 6.07) is 9.17. The second kappa shape index (κ2) is 9.64. The van der Waals surface area contributed by atoms with Gasteiger partial charge in [0.25, 0.3) is 0 Å². The Bertz CT molecular complexity index is 679. The van der Waals surface area contributed by atoms with Crippen molar-refractivity contribution in [1.82, 2.24) is 5.32 Å². The van der Waals surface area contributed by atoms with E-state index in [2.05, 4.69) is 10.6 Å². The van der Waals surface area contributed by atoms with Crippen molar-refractivity contribution in [2.75, 3.05) is 25.6 Å². The normalized spacial score (nSPS) is 10.7. The summed E-state index contributed by atoms with van der Waals surface area (Å²) in [5, 5.41) is 9.48. The number of hydrogen-bond donors (Lipinski definition) is 2. The van der Waals surface area contributed by atoms with Crippen LogP contribution in [-0.2, 0) is 20.7 Å². The van der Waals surface area contributed by atoms with Crippen LogP contribution in [0.2, 0.25) is 0 Å². The first kappa shape index (κ1) is 17.9. The van der Waals surface area contributed by atoms with Crippen molar-refractivity contribution >= 4 is 34.9 Å². The lowest BCUT2D eigenvalue weighted by molar-refractivity contribution is -0.120. The van der Waals surface area contributed by atoms with Crippen LogP contribution in [0.25, 0.3) is 6.08 Å². The van der Waals surface area contributed by atoms with E-state index in [1.807, 2.05) is 29.0 Å². The maximum atomic E-state index is 11.8. The van der Waals surface area contributed by atoms with Crippen LogP contribution in [0.1, 0.15) is 11.1 Å². The topological polar surface area (TPSA) is 67.4 Å². The second-order valence-corrected chi connectivity index (χ2v) is 5.88. The van der Waals surface area contributed by atoms with Crippen molar-refractivity contribution in [2.45, 2.75) is 6.42 Å². The van der Waals surface area contributed by atoms with Crippen LogP contribution in [0.15, 0.2) is 47.2 Å². The number of hydrogen-bond acceptors (Lipinski definition) is 4. The number of amides is 2. The minimum atomic E-state index is -0.189. The Labute approximate surface area is 145 Å². The molecule has 1 aromatic carbocycles. The van der Waals surface area contributed by atoms with Crippen LogP contribution in [0.4, 0.5) is 5.69 Å². The number of methoxy groups -OCH3 is 1. The van der Waals surface area contributed by atoms with Gasteiger partial charge in [0.2, 0.25) is 11.8 Å². The molecule has 126 valence electrons. The summed E-state index contributed by atoms with van der Waals surface area (Å²) < 4.78 is 4.88. The molecule has 0 atom stereocenters. The maximum absolute atomic E-state index is 11.8. The molecular formula is C18H20N2O3S. The smallest absolute Gasteiger partial charge is 0.248 e. The number of nitrogens with one attached hydrogen (secondary N) is 2. The molecule has 0 aliphatic carbocycles. The fourth-order valence-corrected chi connectivity index (χ4v) is 2.60. The van der Waals surface area contributed by atoms with Gasteiger partial charge in [-0.25, -0.2) is 0 Å². The molecule has 2 amide bonds. The number of ether oxygens (including phenoxy) is 1. The van der Waals surface area contributed by atoms with E-state index in [1.54, 1.807) is 36.7 Å². The molecule has 0 radical (unpaired) electrons. The van der Waals surface area contributed by atoms with Gasteiger partial charge in [-0.3, -0.25) is 9.59 Å². The third-order valence-electron chi connectivity index (χ3n) is 3.18. The average molecular weight is 344 g/mol. The van der Waals surface area contributed by atoms with Crippen LogP contribution in [-0.4, -0.2) is 32.1 Å². The molecule has 0 fully saturated rings. The van der Waals surface area contributed by atoms with Crippen molar-refractivity contribution in [3.8, 4) is 0 Å². The molecule has 1 heterocycles. The highest BCUT2D eigenvalue weighted by atomic mass is 32.1. The lowest BCUT2D eigenvalue weighted by atomic mass is 10.1. The SMILES string of the molecule is COCCNC(=O)Cc1ccc(NC(=O)/C=C/c2ccsc2)cc1. The minimum Gasteiger partial charge on any atom is -0.383 e. The highest BCUT2D eigenvalue weighted by Crippen LogP contribution is 2.11. The number of thiophene rings is 1. The molecule has 2 rings (SSSR count). The monoisotopic (exact) mass is 344 g/mol. The van der Waals surface area contributed by atoms with Crippen LogP contribution in [0, 0.1) is 0 Å². The second-order valence-electron chi connectivity index (χ2n) is 5.10. The van der Waals surface area contributed by atoms with E-state index >= 15 is 0 Å². The lowest BCUT2D eigenvalue weighted by Gasteiger charge is -2.06. The summed E-state index contributed by atoms with van der Waals surface area (Å²) in [6.45, 7) is 0.996. The molecule has 0 bridgehead atoms. The van der Waals surface area contributed by atoms with Crippen LogP contribution >= 0.6 is 11.3 Å². The van der Waals surface area contributed by atoms with Gasteiger partial charge in [0.1, 0.15) is 0 Å². The zero-order valence-corrected chi connectivity index (χ0v) is 14.3. The molecule has 2 N–H and O–H groups in total. The summed E-state index contributed by atoms with van der Waals surface area (Å²) in [5.74, 6) is -0.242. The van der Waals surface area contributed by atoms with Gasteiger partial charge in [0.15, 0.2) is 0 Å². The fourth-order valence-electron chi connectivity index (χ4n) is 1.97. The van der Waals surface area contributed by atoms with Crippen LogP contribution in [0.3, 0.4) is 0 Å². The molecular weight excluding hydrogens is 324 g/mol. The number of benzene rings is 1. The van der Waals surface area contributed by atoms with Crippen molar-refractivity contribution in [3.05, 3.63) is 58.3 Å². The molecule has 0 aliphatic heterocycles. The maximum Gasteiger partial charge on any atom is 0.248 e. The minimum absolute atomic E-state index is 0.0532. The van der Waals surface area contributed by atoms with Gasteiger partial charge < -0.3 is 15.4 Å². The molecule has 6 heteroatoms. The number of anilines is 1. The van der Waals surface area contributed by atoms with Crippen LogP contribution < -0.4 is 10.6 Å². The molecule has 0 spiro atoms. The largest absolute Gasteiger partial charge is 0.383 e. The molecule has 1 aromatic heterocycles. The van der Waals surface area contributed by atoms with E-state index in [0.717, 1.165) is 11.1 Å². The van der Waals surface area contributed by atoms with Crippen molar-refractivity contribution < 1.29 is 14.3 Å². The van der Waals surface area contributed by atoms with Gasteiger partial charge in [-0.05, 0) is 46.2 Å². The van der Waals surface area contributed by atoms with Gasteiger partial charge in [0, 0.05) is 25.4 Å². The van der Waals surface area contributed by atoms with E-state index in [0.29, 0.717) is 25.3 Å². The first-order valence-corrected chi connectivity index (χ1v) is 8.47. The molecule has 24 heavy (non-hydrogen) atoms. The Morgan fingerprint density at radius 3 is 2.67 bits per heavy atom. The number of carbonyl (C=O) groups is 2. The predicted molar refractivity (Wildman–Crippen MR) is 97.0 cm³/mol. The highest BCUT2D eigenvalue weighted by Gasteiger charge is 2.03. The van der Waals surface area contributed by atoms with Crippen molar-refractivity contribution in [2.24, 2.45) is 0 Å². The van der Waals surface area contributed by atoms with E-state index in [1.165, 1.54) is 6.08 Å². The lowest BCUT2D eigenvalue weighted by Crippen LogP contribution is -2.28. The number of carbonyl (C=O) groups excluding carboxylic acids is 2. The van der Waals surface area contributed by atoms with E-state index in [9.17, 15) is 9.59 Å². The van der Waals surface area contributed by atoms with Gasteiger partial charge in [-0.2, -0.15) is 11.3 Å². The highest BCUT2D eigenvalue weighted by molar-refractivity contribution is 7.08. The Hall–Kier alpha value is -2.44. The first-order valence-electron chi connectivity index (χ1n) is 7.53. The summed E-state index contributed by atoms with van der Waals surface area (Å²) in [4.78, 5) is 23.5. The average Bonchev–Trinajstić information content (AvgIpc) is 3.08. The van der Waals surface area contributed by atoms with Crippen LogP contribution in [0.5, 0.6) is 0 Å². The van der Waals surface area contributed by atoms with E-state index < -0.39 is 0 Å². The molecule has 2 aromatic rings. The van der Waals surface area contributed by atoms with Crippen molar-refractivity contribution in [1.29, 1.82) is 0 Å². The Kier molecular flexibility index (Phi) is 7.20. The quantitative estimate of drug-likeness (QED) is 0.571. The fraction of sp³-hybridized carbons (Fsp3) is 0.222. The zero-order valence-electron chi connectivity index (χ0n) is 13.5.